The second kappa shape index (κ2) is 11.5. The van der Waals surface area contributed by atoms with E-state index in [2.05, 4.69) is 31.3 Å². The summed E-state index contributed by atoms with van der Waals surface area (Å²) in [4.78, 5) is 0. The van der Waals surface area contributed by atoms with Crippen molar-refractivity contribution in [3.8, 4) is 5.75 Å². The Morgan fingerprint density at radius 3 is 2.43 bits per heavy atom. The van der Waals surface area contributed by atoms with Gasteiger partial charge >= 0.3 is 0 Å². The molecule has 1 aromatic rings. The molecule has 0 heterocycles. The number of likely N-dealkylation sites (N-methyl/N-ethyl adjacent to an activating group) is 1. The zero-order chi connectivity index (χ0) is 15.3. The monoisotopic (exact) mass is 295 g/mol. The summed E-state index contributed by atoms with van der Waals surface area (Å²) in [6, 6.07) is 8.49. The van der Waals surface area contributed by atoms with Gasteiger partial charge in [0.15, 0.2) is 0 Å². The van der Waals surface area contributed by atoms with Crippen molar-refractivity contribution in [2.75, 3.05) is 40.1 Å². The Hall–Kier alpha value is -1.10. The minimum atomic E-state index is 0.220. The molecule has 0 saturated heterocycles. The van der Waals surface area contributed by atoms with E-state index >= 15 is 0 Å². The van der Waals surface area contributed by atoms with Crippen molar-refractivity contribution in [2.45, 2.75) is 32.7 Å². The first kappa shape index (κ1) is 18.0. The van der Waals surface area contributed by atoms with Crippen molar-refractivity contribution >= 4 is 0 Å². The fourth-order valence-corrected chi connectivity index (χ4v) is 2.04. The molecule has 0 aliphatic rings. The zero-order valence-corrected chi connectivity index (χ0v) is 13.6. The van der Waals surface area contributed by atoms with Gasteiger partial charge in [0.25, 0.3) is 0 Å². The maximum Gasteiger partial charge on any atom is 0.119 e. The summed E-state index contributed by atoms with van der Waals surface area (Å²) in [5.41, 5.74) is 1.23. The Balaban J connectivity index is 2.46. The van der Waals surface area contributed by atoms with Crippen LogP contribution in [0.4, 0.5) is 0 Å². The standard InChI is InChI=1S/C17H29NO3/c1-4-11-21-16-9-7-15(8-10-16)17(18-5-2)14-20-13-6-12-19-3/h7-10,17-18H,4-6,11-14H2,1-3H3. The molecule has 0 fully saturated rings. The van der Waals surface area contributed by atoms with Gasteiger partial charge in [-0.15, -0.1) is 0 Å². The molecule has 1 unspecified atom stereocenters. The molecule has 0 radical (unpaired) electrons. The van der Waals surface area contributed by atoms with Gasteiger partial charge in [-0.1, -0.05) is 26.0 Å². The van der Waals surface area contributed by atoms with E-state index in [1.54, 1.807) is 7.11 Å². The van der Waals surface area contributed by atoms with Crippen molar-refractivity contribution in [1.82, 2.24) is 5.32 Å². The summed E-state index contributed by atoms with van der Waals surface area (Å²) in [5, 5.41) is 3.46. The van der Waals surface area contributed by atoms with Crippen LogP contribution < -0.4 is 10.1 Å². The number of rotatable bonds is 12. The van der Waals surface area contributed by atoms with Crippen LogP contribution in [0.2, 0.25) is 0 Å². The zero-order valence-electron chi connectivity index (χ0n) is 13.6. The molecule has 4 heteroatoms. The lowest BCUT2D eigenvalue weighted by atomic mass is 10.1. The Morgan fingerprint density at radius 1 is 1.05 bits per heavy atom. The minimum Gasteiger partial charge on any atom is -0.494 e. The summed E-state index contributed by atoms with van der Waals surface area (Å²) in [6.45, 7) is 8.04. The van der Waals surface area contributed by atoms with E-state index in [1.807, 2.05) is 12.1 Å². The molecule has 120 valence electrons. The second-order valence-corrected chi connectivity index (χ2v) is 4.95. The topological polar surface area (TPSA) is 39.7 Å². The molecule has 0 aliphatic heterocycles. The van der Waals surface area contributed by atoms with Crippen molar-refractivity contribution in [3.63, 3.8) is 0 Å². The predicted octanol–water partition coefficient (Wildman–Crippen LogP) is 3.18. The summed E-state index contributed by atoms with van der Waals surface area (Å²) in [6.07, 6.45) is 1.95. The number of nitrogens with one attached hydrogen (secondary N) is 1. The molecule has 0 bridgehead atoms. The third-order valence-corrected chi connectivity index (χ3v) is 3.13. The first-order valence-corrected chi connectivity index (χ1v) is 7.84. The van der Waals surface area contributed by atoms with Crippen molar-refractivity contribution in [1.29, 1.82) is 0 Å². The number of ether oxygens (including phenoxy) is 3. The summed E-state index contributed by atoms with van der Waals surface area (Å²) >= 11 is 0. The van der Waals surface area contributed by atoms with Crippen LogP contribution >= 0.6 is 0 Å². The number of hydrogen-bond acceptors (Lipinski definition) is 4. The van der Waals surface area contributed by atoms with Crippen molar-refractivity contribution in [2.24, 2.45) is 0 Å². The number of methoxy groups -OCH3 is 1. The molecular formula is C17H29NO3. The van der Waals surface area contributed by atoms with E-state index in [1.165, 1.54) is 5.56 Å². The third-order valence-electron chi connectivity index (χ3n) is 3.13. The maximum absolute atomic E-state index is 5.73. The lowest BCUT2D eigenvalue weighted by Crippen LogP contribution is -2.25. The Labute approximate surface area is 128 Å². The predicted molar refractivity (Wildman–Crippen MR) is 86.0 cm³/mol. The van der Waals surface area contributed by atoms with Gasteiger partial charge in [-0.3, -0.25) is 0 Å². The quantitative estimate of drug-likeness (QED) is 0.601. The Morgan fingerprint density at radius 2 is 1.81 bits per heavy atom. The van der Waals surface area contributed by atoms with E-state index in [9.17, 15) is 0 Å². The van der Waals surface area contributed by atoms with Crippen LogP contribution in [0.15, 0.2) is 24.3 Å². The molecule has 1 aromatic carbocycles. The van der Waals surface area contributed by atoms with Gasteiger partial charge in [0.1, 0.15) is 5.75 Å². The largest absolute Gasteiger partial charge is 0.494 e. The highest BCUT2D eigenvalue weighted by molar-refractivity contribution is 5.29. The molecule has 0 spiro atoms. The molecule has 0 aliphatic carbocycles. The van der Waals surface area contributed by atoms with Gasteiger partial charge in [-0.05, 0) is 37.1 Å². The first-order valence-electron chi connectivity index (χ1n) is 7.84. The van der Waals surface area contributed by atoms with Crippen LogP contribution in [0.25, 0.3) is 0 Å². The molecule has 1 rings (SSSR count). The summed E-state index contributed by atoms with van der Waals surface area (Å²) in [5.74, 6) is 0.928. The highest BCUT2D eigenvalue weighted by Crippen LogP contribution is 2.18. The van der Waals surface area contributed by atoms with E-state index in [-0.39, 0.29) is 6.04 Å². The van der Waals surface area contributed by atoms with Crippen LogP contribution in [0.5, 0.6) is 5.75 Å². The summed E-state index contributed by atoms with van der Waals surface area (Å²) < 4.78 is 16.4. The minimum absolute atomic E-state index is 0.220. The normalized spacial score (nSPS) is 12.3. The van der Waals surface area contributed by atoms with Crippen LogP contribution in [0, 0.1) is 0 Å². The van der Waals surface area contributed by atoms with E-state index in [0.29, 0.717) is 6.61 Å². The molecule has 1 atom stereocenters. The van der Waals surface area contributed by atoms with Crippen LogP contribution in [-0.4, -0.2) is 40.1 Å². The van der Waals surface area contributed by atoms with Crippen LogP contribution in [0.3, 0.4) is 0 Å². The average molecular weight is 295 g/mol. The molecular weight excluding hydrogens is 266 g/mol. The Kier molecular flexibility index (Phi) is 9.87. The highest BCUT2D eigenvalue weighted by atomic mass is 16.5. The van der Waals surface area contributed by atoms with Gasteiger partial charge in [-0.25, -0.2) is 0 Å². The highest BCUT2D eigenvalue weighted by Gasteiger charge is 2.10. The second-order valence-electron chi connectivity index (χ2n) is 4.95. The van der Waals surface area contributed by atoms with Crippen molar-refractivity contribution in [3.05, 3.63) is 29.8 Å². The van der Waals surface area contributed by atoms with E-state index in [0.717, 1.165) is 45.0 Å². The SMILES string of the molecule is CCCOc1ccc(C(COCCCOC)NCC)cc1. The fraction of sp³-hybridized carbons (Fsp3) is 0.647. The van der Waals surface area contributed by atoms with E-state index < -0.39 is 0 Å². The molecule has 0 aromatic heterocycles. The Bertz CT molecular complexity index is 354. The van der Waals surface area contributed by atoms with E-state index in [4.69, 9.17) is 14.2 Å². The number of benzene rings is 1. The van der Waals surface area contributed by atoms with Gasteiger partial charge in [0, 0.05) is 20.3 Å². The molecule has 1 N–H and O–H groups in total. The van der Waals surface area contributed by atoms with Crippen molar-refractivity contribution < 1.29 is 14.2 Å². The lowest BCUT2D eigenvalue weighted by Gasteiger charge is -2.19. The molecule has 0 saturated carbocycles. The molecule has 21 heavy (non-hydrogen) atoms. The van der Waals surface area contributed by atoms with Gasteiger partial charge in [0.2, 0.25) is 0 Å². The average Bonchev–Trinajstić information content (AvgIpc) is 2.52. The molecule has 0 amide bonds. The lowest BCUT2D eigenvalue weighted by molar-refractivity contribution is 0.0877. The van der Waals surface area contributed by atoms with Gasteiger partial charge in [-0.2, -0.15) is 0 Å². The summed E-state index contributed by atoms with van der Waals surface area (Å²) in [7, 11) is 1.71. The third kappa shape index (κ3) is 7.46. The number of hydrogen-bond donors (Lipinski definition) is 1. The van der Waals surface area contributed by atoms with Crippen LogP contribution in [0.1, 0.15) is 38.3 Å². The van der Waals surface area contributed by atoms with Gasteiger partial charge < -0.3 is 19.5 Å². The van der Waals surface area contributed by atoms with Gasteiger partial charge in [0.05, 0.1) is 19.3 Å². The fourth-order valence-electron chi connectivity index (χ4n) is 2.04. The first-order chi connectivity index (χ1) is 10.3. The maximum atomic E-state index is 5.73. The molecule has 4 nitrogen and oxygen atoms in total. The smallest absolute Gasteiger partial charge is 0.119 e. The van der Waals surface area contributed by atoms with Crippen LogP contribution in [-0.2, 0) is 9.47 Å².